The van der Waals surface area contributed by atoms with E-state index in [-0.39, 0.29) is 0 Å². The van der Waals surface area contributed by atoms with Crippen LogP contribution in [0.25, 0.3) is 0 Å². The third kappa shape index (κ3) is 2.43. The first-order chi connectivity index (χ1) is 7.81. The molecule has 0 aliphatic rings. The Labute approximate surface area is 100 Å². The molecule has 0 saturated heterocycles. The Kier molecular flexibility index (Phi) is 3.59. The van der Waals surface area contributed by atoms with Crippen LogP contribution in [-0.2, 0) is 13.1 Å². The van der Waals surface area contributed by atoms with Crippen LogP contribution in [-0.4, -0.2) is 16.6 Å². The second-order valence-corrected chi connectivity index (χ2v) is 4.03. The van der Waals surface area contributed by atoms with Crippen LogP contribution >= 0.6 is 11.6 Å². The number of hydrogen-bond acceptors (Lipinski definition) is 2. The van der Waals surface area contributed by atoms with Gasteiger partial charge in [-0.2, -0.15) is 0 Å². The van der Waals surface area contributed by atoms with Gasteiger partial charge in [0.15, 0.2) is 0 Å². The lowest BCUT2D eigenvalue weighted by Gasteiger charge is -2.09. The maximum Gasteiger partial charge on any atom is 0.0639 e. The van der Waals surface area contributed by atoms with Gasteiger partial charge in [0.05, 0.1) is 5.02 Å². The number of nitrogens with one attached hydrogen (secondary N) is 1. The van der Waals surface area contributed by atoms with E-state index in [0.29, 0.717) is 5.02 Å². The van der Waals surface area contributed by atoms with Crippen LogP contribution in [0, 0.1) is 0 Å². The van der Waals surface area contributed by atoms with E-state index in [1.165, 1.54) is 5.69 Å². The van der Waals surface area contributed by atoms with Crippen LogP contribution in [0.5, 0.6) is 0 Å². The second-order valence-electron chi connectivity index (χ2n) is 3.62. The fourth-order valence-corrected chi connectivity index (χ4v) is 1.84. The van der Waals surface area contributed by atoms with Crippen molar-refractivity contribution < 1.29 is 0 Å². The van der Waals surface area contributed by atoms with Crippen LogP contribution in [0.3, 0.4) is 0 Å². The van der Waals surface area contributed by atoms with Crippen molar-refractivity contribution in [2.24, 2.45) is 0 Å². The topological polar surface area (TPSA) is 29.9 Å². The Bertz CT molecular complexity index is 465. The minimum absolute atomic E-state index is 0.714. The molecule has 0 saturated carbocycles. The monoisotopic (exact) mass is 235 g/mol. The normalized spacial score (nSPS) is 10.6. The van der Waals surface area contributed by atoms with Crippen LogP contribution in [0.2, 0.25) is 5.02 Å². The first kappa shape index (κ1) is 11.2. The number of nitrogens with zero attached hydrogens (tertiary/aromatic N) is 2. The summed E-state index contributed by atoms with van der Waals surface area (Å²) < 4.78 is 2.18. The Hall–Kier alpha value is -1.32. The summed E-state index contributed by atoms with van der Waals surface area (Å²) in [6.07, 6.45) is 5.50. The number of rotatable bonds is 4. The van der Waals surface area contributed by atoms with Crippen molar-refractivity contribution in [1.29, 1.82) is 0 Å². The van der Waals surface area contributed by atoms with E-state index in [1.54, 1.807) is 12.4 Å². The summed E-state index contributed by atoms with van der Waals surface area (Å²) >= 11 is 6.08. The molecule has 0 aliphatic carbocycles. The molecular weight excluding hydrogens is 222 g/mol. The zero-order valence-electron chi connectivity index (χ0n) is 9.15. The summed E-state index contributed by atoms with van der Waals surface area (Å²) in [5.74, 6) is 0. The zero-order chi connectivity index (χ0) is 11.4. The number of pyridine rings is 1. The third-order valence-electron chi connectivity index (χ3n) is 2.48. The highest BCUT2D eigenvalue weighted by Crippen LogP contribution is 2.16. The van der Waals surface area contributed by atoms with Gasteiger partial charge in [0.2, 0.25) is 0 Å². The van der Waals surface area contributed by atoms with Gasteiger partial charge in [-0.1, -0.05) is 11.6 Å². The lowest BCUT2D eigenvalue weighted by atomic mass is 10.2. The summed E-state index contributed by atoms with van der Waals surface area (Å²) in [5, 5.41) is 3.86. The fraction of sp³-hybridized carbons (Fsp3) is 0.250. The van der Waals surface area contributed by atoms with E-state index in [1.807, 2.05) is 19.2 Å². The Morgan fingerprint density at radius 2 is 2.31 bits per heavy atom. The number of halogens is 1. The van der Waals surface area contributed by atoms with Crippen molar-refractivity contribution in [1.82, 2.24) is 14.9 Å². The van der Waals surface area contributed by atoms with Gasteiger partial charge in [0.25, 0.3) is 0 Å². The molecule has 0 fully saturated rings. The fourth-order valence-electron chi connectivity index (χ4n) is 1.66. The van der Waals surface area contributed by atoms with Crippen molar-refractivity contribution in [3.05, 3.63) is 53.1 Å². The molecule has 4 heteroatoms. The molecule has 0 atom stereocenters. The molecule has 0 unspecified atom stereocenters. The highest BCUT2D eigenvalue weighted by molar-refractivity contribution is 6.31. The minimum atomic E-state index is 0.714. The predicted octanol–water partition coefficient (Wildman–Crippen LogP) is 2.30. The van der Waals surface area contributed by atoms with Crippen molar-refractivity contribution in [2.75, 3.05) is 7.05 Å². The largest absolute Gasteiger partial charge is 0.346 e. The van der Waals surface area contributed by atoms with Crippen LogP contribution in [0.1, 0.15) is 11.3 Å². The number of aromatic nitrogens is 2. The van der Waals surface area contributed by atoms with E-state index in [0.717, 1.165) is 18.7 Å². The van der Waals surface area contributed by atoms with E-state index in [9.17, 15) is 0 Å². The van der Waals surface area contributed by atoms with Crippen molar-refractivity contribution in [2.45, 2.75) is 13.1 Å². The molecule has 2 aromatic rings. The minimum Gasteiger partial charge on any atom is -0.346 e. The second kappa shape index (κ2) is 5.14. The summed E-state index contributed by atoms with van der Waals surface area (Å²) in [7, 11) is 1.94. The Morgan fingerprint density at radius 3 is 3.06 bits per heavy atom. The SMILES string of the molecule is CNCc1cccn1Cc1ccncc1Cl. The molecule has 84 valence electrons. The standard InChI is InChI=1S/C12H14ClN3/c1-14-7-11-3-2-6-16(11)9-10-4-5-15-8-12(10)13/h2-6,8,14H,7,9H2,1H3. The van der Waals surface area contributed by atoms with E-state index in [2.05, 4.69) is 27.1 Å². The van der Waals surface area contributed by atoms with Gasteiger partial charge in [-0.05, 0) is 30.8 Å². The van der Waals surface area contributed by atoms with Gasteiger partial charge < -0.3 is 9.88 Å². The van der Waals surface area contributed by atoms with Gasteiger partial charge in [-0.15, -0.1) is 0 Å². The van der Waals surface area contributed by atoms with Gasteiger partial charge in [-0.25, -0.2) is 0 Å². The maximum absolute atomic E-state index is 6.08. The van der Waals surface area contributed by atoms with Crippen molar-refractivity contribution >= 4 is 11.6 Å². The first-order valence-corrected chi connectivity index (χ1v) is 5.56. The maximum atomic E-state index is 6.08. The highest BCUT2D eigenvalue weighted by atomic mass is 35.5. The average Bonchev–Trinajstić information content (AvgIpc) is 2.70. The molecule has 0 radical (unpaired) electrons. The van der Waals surface area contributed by atoms with E-state index >= 15 is 0 Å². The van der Waals surface area contributed by atoms with Crippen LogP contribution < -0.4 is 5.32 Å². The highest BCUT2D eigenvalue weighted by Gasteiger charge is 2.03. The first-order valence-electron chi connectivity index (χ1n) is 5.18. The van der Waals surface area contributed by atoms with E-state index < -0.39 is 0 Å². The molecule has 0 bridgehead atoms. The molecule has 0 aromatic carbocycles. The van der Waals surface area contributed by atoms with E-state index in [4.69, 9.17) is 11.6 Å². The molecule has 1 N–H and O–H groups in total. The van der Waals surface area contributed by atoms with Crippen LogP contribution in [0.15, 0.2) is 36.8 Å². The van der Waals surface area contributed by atoms with Crippen LogP contribution in [0.4, 0.5) is 0 Å². The molecule has 3 nitrogen and oxygen atoms in total. The van der Waals surface area contributed by atoms with Crippen molar-refractivity contribution in [3.63, 3.8) is 0 Å². The summed E-state index contributed by atoms with van der Waals surface area (Å²) in [6, 6.07) is 6.10. The van der Waals surface area contributed by atoms with Crippen molar-refractivity contribution in [3.8, 4) is 0 Å². The molecule has 2 heterocycles. The number of hydrogen-bond donors (Lipinski definition) is 1. The van der Waals surface area contributed by atoms with Gasteiger partial charge in [0.1, 0.15) is 0 Å². The predicted molar refractivity (Wildman–Crippen MR) is 65.5 cm³/mol. The Balaban J connectivity index is 2.20. The molecule has 0 amide bonds. The van der Waals surface area contributed by atoms with Gasteiger partial charge >= 0.3 is 0 Å². The summed E-state index contributed by atoms with van der Waals surface area (Å²) in [6.45, 7) is 1.64. The summed E-state index contributed by atoms with van der Waals surface area (Å²) in [5.41, 5.74) is 2.33. The third-order valence-corrected chi connectivity index (χ3v) is 2.82. The molecule has 0 aliphatic heterocycles. The lowest BCUT2D eigenvalue weighted by Crippen LogP contribution is -2.11. The molecule has 0 spiro atoms. The quantitative estimate of drug-likeness (QED) is 0.882. The lowest BCUT2D eigenvalue weighted by molar-refractivity contribution is 0.694. The molecule has 2 aromatic heterocycles. The molecular formula is C12H14ClN3. The zero-order valence-corrected chi connectivity index (χ0v) is 9.91. The molecule has 2 rings (SSSR count). The van der Waals surface area contributed by atoms with Gasteiger partial charge in [-0.3, -0.25) is 4.98 Å². The smallest absolute Gasteiger partial charge is 0.0639 e. The molecule has 16 heavy (non-hydrogen) atoms. The average molecular weight is 236 g/mol. The summed E-state index contributed by atoms with van der Waals surface area (Å²) in [4.78, 5) is 3.98. The Morgan fingerprint density at radius 1 is 1.44 bits per heavy atom. The van der Waals surface area contributed by atoms with Gasteiger partial charge in [0, 0.05) is 37.4 Å².